The van der Waals surface area contributed by atoms with E-state index in [1.165, 1.54) is 18.4 Å². The number of aryl methyl sites for hydroxylation is 1. The minimum Gasteiger partial charge on any atom is -0.438 e. The molecule has 2 aromatic carbocycles. The SMILES string of the molecule is Cc1cccc2nc(C(=O)N[C@H]3CC[C@H](NC(=O)c4cc(F)cnc4Oc4cccc(-c5ccc(CN6CCCC6)cc5)c4)CC3)cn12. The molecule has 0 radical (unpaired) electrons. The van der Waals surface area contributed by atoms with Crippen LogP contribution in [0.1, 0.15) is 70.6 Å². The highest BCUT2D eigenvalue weighted by atomic mass is 19.1. The van der Waals surface area contributed by atoms with Crippen molar-refractivity contribution < 1.29 is 18.7 Å². The molecule has 0 atom stereocenters. The molecule has 0 bridgehead atoms. The van der Waals surface area contributed by atoms with Crippen molar-refractivity contribution in [3.05, 3.63) is 114 Å². The molecule has 5 aromatic rings. The molecule has 1 aliphatic heterocycles. The molecule has 48 heavy (non-hydrogen) atoms. The van der Waals surface area contributed by atoms with Crippen LogP contribution in [0.15, 0.2) is 85.2 Å². The molecule has 9 nitrogen and oxygen atoms in total. The molecular formula is C38H39FN6O3. The Hall–Kier alpha value is -5.09. The van der Waals surface area contributed by atoms with Crippen molar-refractivity contribution >= 4 is 17.5 Å². The van der Waals surface area contributed by atoms with Gasteiger partial charge >= 0.3 is 0 Å². The molecule has 1 aliphatic carbocycles. The van der Waals surface area contributed by atoms with Gasteiger partial charge in [0.05, 0.1) is 6.20 Å². The quantitative estimate of drug-likeness (QED) is 0.185. The van der Waals surface area contributed by atoms with Gasteiger partial charge in [0.25, 0.3) is 11.8 Å². The Kier molecular flexibility index (Phi) is 9.16. The van der Waals surface area contributed by atoms with Gasteiger partial charge in [-0.05, 0) is 106 Å². The second kappa shape index (κ2) is 13.9. The van der Waals surface area contributed by atoms with Crippen molar-refractivity contribution in [1.29, 1.82) is 0 Å². The molecule has 1 saturated carbocycles. The number of carbonyl (C=O) groups excluding carboxylic acids is 2. The number of imidazole rings is 1. The topological polar surface area (TPSA) is 101 Å². The van der Waals surface area contributed by atoms with E-state index in [9.17, 15) is 14.0 Å². The molecule has 4 heterocycles. The number of hydrogen-bond donors (Lipinski definition) is 2. The van der Waals surface area contributed by atoms with Crippen molar-refractivity contribution in [1.82, 2.24) is 29.9 Å². The number of benzene rings is 2. The third-order valence-corrected chi connectivity index (χ3v) is 9.33. The van der Waals surface area contributed by atoms with Crippen LogP contribution in [0.25, 0.3) is 16.8 Å². The Balaban J connectivity index is 0.958. The molecule has 2 amide bonds. The molecule has 2 aliphatic rings. The van der Waals surface area contributed by atoms with E-state index in [1.54, 1.807) is 12.3 Å². The second-order valence-electron chi connectivity index (χ2n) is 12.8. The molecular weight excluding hydrogens is 607 g/mol. The Bertz CT molecular complexity index is 1930. The highest BCUT2D eigenvalue weighted by Gasteiger charge is 2.26. The van der Waals surface area contributed by atoms with E-state index in [4.69, 9.17) is 4.74 Å². The molecule has 246 valence electrons. The molecule has 2 N–H and O–H groups in total. The number of rotatable bonds is 9. The first-order valence-electron chi connectivity index (χ1n) is 16.7. The smallest absolute Gasteiger partial charge is 0.271 e. The summed E-state index contributed by atoms with van der Waals surface area (Å²) in [6, 6.07) is 22.9. The summed E-state index contributed by atoms with van der Waals surface area (Å²) < 4.78 is 22.3. The van der Waals surface area contributed by atoms with Gasteiger partial charge in [-0.3, -0.25) is 14.5 Å². The first-order valence-corrected chi connectivity index (χ1v) is 16.7. The van der Waals surface area contributed by atoms with Crippen molar-refractivity contribution in [2.24, 2.45) is 0 Å². The van der Waals surface area contributed by atoms with Crippen LogP contribution in [0.3, 0.4) is 0 Å². The fourth-order valence-corrected chi connectivity index (χ4v) is 6.69. The number of likely N-dealkylation sites (tertiary alicyclic amines) is 1. The van der Waals surface area contributed by atoms with E-state index in [2.05, 4.69) is 49.8 Å². The molecule has 7 rings (SSSR count). The zero-order chi connectivity index (χ0) is 33.0. The van der Waals surface area contributed by atoms with Crippen LogP contribution in [-0.4, -0.2) is 56.3 Å². The third-order valence-electron chi connectivity index (χ3n) is 9.33. The molecule has 2 fully saturated rings. The zero-order valence-corrected chi connectivity index (χ0v) is 27.0. The van der Waals surface area contributed by atoms with Gasteiger partial charge in [-0.25, -0.2) is 14.4 Å². The lowest BCUT2D eigenvalue weighted by atomic mass is 9.91. The summed E-state index contributed by atoms with van der Waals surface area (Å²) in [6.07, 6.45) is 8.06. The van der Waals surface area contributed by atoms with E-state index >= 15 is 0 Å². The maximum absolute atomic E-state index is 14.3. The number of nitrogens with zero attached hydrogens (tertiary/aromatic N) is 4. The van der Waals surface area contributed by atoms with Crippen LogP contribution in [0.4, 0.5) is 4.39 Å². The van der Waals surface area contributed by atoms with Gasteiger partial charge in [0, 0.05) is 30.5 Å². The zero-order valence-electron chi connectivity index (χ0n) is 27.0. The summed E-state index contributed by atoms with van der Waals surface area (Å²) in [7, 11) is 0. The number of amides is 2. The predicted octanol–water partition coefficient (Wildman–Crippen LogP) is 6.70. The maximum atomic E-state index is 14.3. The van der Waals surface area contributed by atoms with E-state index in [0.29, 0.717) is 37.1 Å². The fourth-order valence-electron chi connectivity index (χ4n) is 6.69. The van der Waals surface area contributed by atoms with Gasteiger partial charge in [-0.1, -0.05) is 42.5 Å². The predicted molar refractivity (Wildman–Crippen MR) is 182 cm³/mol. The Morgan fingerprint density at radius 1 is 0.875 bits per heavy atom. The number of pyridine rings is 2. The van der Waals surface area contributed by atoms with Crippen molar-refractivity contribution in [3.8, 4) is 22.8 Å². The van der Waals surface area contributed by atoms with Gasteiger partial charge in [0.2, 0.25) is 5.88 Å². The number of aromatic nitrogens is 3. The summed E-state index contributed by atoms with van der Waals surface area (Å²) in [6.45, 7) is 5.25. The summed E-state index contributed by atoms with van der Waals surface area (Å²) >= 11 is 0. The lowest BCUT2D eigenvalue weighted by Crippen LogP contribution is -2.44. The molecule has 3 aromatic heterocycles. The van der Waals surface area contributed by atoms with Crippen LogP contribution in [0.2, 0.25) is 0 Å². The van der Waals surface area contributed by atoms with E-state index < -0.39 is 11.7 Å². The summed E-state index contributed by atoms with van der Waals surface area (Å²) in [5, 5.41) is 6.12. The average molecular weight is 647 g/mol. The average Bonchev–Trinajstić information content (AvgIpc) is 3.78. The molecule has 10 heteroatoms. The minimum atomic E-state index is -0.621. The third kappa shape index (κ3) is 7.23. The summed E-state index contributed by atoms with van der Waals surface area (Å²) in [5.41, 5.74) is 5.44. The number of fused-ring (bicyclic) bond motifs is 1. The van der Waals surface area contributed by atoms with Crippen LogP contribution in [0, 0.1) is 12.7 Å². The van der Waals surface area contributed by atoms with Crippen molar-refractivity contribution in [2.45, 2.75) is 64.1 Å². The van der Waals surface area contributed by atoms with Gasteiger partial charge < -0.3 is 19.8 Å². The largest absolute Gasteiger partial charge is 0.438 e. The fraction of sp³-hybridized carbons (Fsp3) is 0.316. The molecule has 0 unspecified atom stereocenters. The monoisotopic (exact) mass is 646 g/mol. The highest BCUT2D eigenvalue weighted by molar-refractivity contribution is 5.96. The second-order valence-corrected chi connectivity index (χ2v) is 12.8. The van der Waals surface area contributed by atoms with E-state index in [-0.39, 0.29) is 29.4 Å². The minimum absolute atomic E-state index is 0.0279. The maximum Gasteiger partial charge on any atom is 0.271 e. The van der Waals surface area contributed by atoms with Gasteiger partial charge in [0.15, 0.2) is 0 Å². The Labute approximate surface area is 279 Å². The van der Waals surface area contributed by atoms with Gasteiger partial charge in [0.1, 0.15) is 28.5 Å². The van der Waals surface area contributed by atoms with Crippen LogP contribution < -0.4 is 15.4 Å². The number of hydrogen-bond acceptors (Lipinski definition) is 6. The van der Waals surface area contributed by atoms with Crippen LogP contribution >= 0.6 is 0 Å². The summed E-state index contributed by atoms with van der Waals surface area (Å²) in [5.74, 6) is -0.746. The van der Waals surface area contributed by atoms with Crippen LogP contribution in [0.5, 0.6) is 11.6 Å². The highest BCUT2D eigenvalue weighted by Crippen LogP contribution is 2.30. The lowest BCUT2D eigenvalue weighted by Gasteiger charge is -2.29. The van der Waals surface area contributed by atoms with Crippen LogP contribution in [-0.2, 0) is 6.54 Å². The molecule has 0 spiro atoms. The normalized spacial score (nSPS) is 18.1. The Morgan fingerprint density at radius 2 is 1.58 bits per heavy atom. The number of carbonyl (C=O) groups is 2. The van der Waals surface area contributed by atoms with Crippen molar-refractivity contribution in [2.75, 3.05) is 13.1 Å². The Morgan fingerprint density at radius 3 is 2.31 bits per heavy atom. The standard InChI is InChI=1S/C38H39FN6O3/c1-25-6-4-9-35-43-34(24-45(25)35)37(47)42-31-16-14-30(15-17-31)41-36(46)33-21-29(39)22-40-38(33)48-32-8-5-7-28(20-32)27-12-10-26(11-13-27)23-44-18-2-3-19-44/h4-13,20-22,24,30-31H,2-3,14-19,23H2,1H3,(H,41,46)(H,42,47)/t30-,31-. The number of halogens is 1. The lowest BCUT2D eigenvalue weighted by molar-refractivity contribution is 0.0888. The van der Waals surface area contributed by atoms with E-state index in [1.807, 2.05) is 47.7 Å². The number of ether oxygens (including phenoxy) is 1. The van der Waals surface area contributed by atoms with Gasteiger partial charge in [-0.15, -0.1) is 0 Å². The van der Waals surface area contributed by atoms with E-state index in [0.717, 1.165) is 54.4 Å². The first kappa shape index (κ1) is 31.5. The summed E-state index contributed by atoms with van der Waals surface area (Å²) in [4.78, 5) is 37.4. The first-order chi connectivity index (χ1) is 23.4. The number of nitrogens with one attached hydrogen (secondary N) is 2. The molecule has 1 saturated heterocycles. The van der Waals surface area contributed by atoms with Crippen molar-refractivity contribution in [3.63, 3.8) is 0 Å². The van der Waals surface area contributed by atoms with Gasteiger partial charge in [-0.2, -0.15) is 0 Å².